The van der Waals surface area contributed by atoms with Crippen LogP contribution in [0.3, 0.4) is 0 Å². The maximum absolute atomic E-state index is 12.3. The summed E-state index contributed by atoms with van der Waals surface area (Å²) < 4.78 is 11.0. The van der Waals surface area contributed by atoms with Crippen LogP contribution in [-0.4, -0.2) is 54.4 Å². The second kappa shape index (κ2) is 9.43. The Labute approximate surface area is 167 Å². The number of rotatable bonds is 5. The fourth-order valence-corrected chi connectivity index (χ4v) is 2.97. The van der Waals surface area contributed by atoms with Gasteiger partial charge in [0.1, 0.15) is 12.4 Å². The second-order valence-corrected chi connectivity index (χ2v) is 6.75. The van der Waals surface area contributed by atoms with Crippen LogP contribution in [0.2, 0.25) is 5.02 Å². The Balaban J connectivity index is 1.46. The van der Waals surface area contributed by atoms with E-state index in [0.29, 0.717) is 30.3 Å². The predicted molar refractivity (Wildman–Crippen MR) is 103 cm³/mol. The standard InChI is InChI=1S/C20H21ClN2O5/c21-18-4-2-1-3-15(18)13-28-20(26)23-9-10-27-17(12-23)11-22-19(25)14-5-7-16(24)8-6-14/h1-8,17,24H,9-13H2,(H,22,25)/t17-/m1/s1. The van der Waals surface area contributed by atoms with Crippen molar-refractivity contribution in [2.24, 2.45) is 0 Å². The van der Waals surface area contributed by atoms with Crippen LogP contribution in [0.1, 0.15) is 15.9 Å². The monoisotopic (exact) mass is 404 g/mol. The van der Waals surface area contributed by atoms with Gasteiger partial charge in [-0.05, 0) is 30.3 Å². The van der Waals surface area contributed by atoms with Crippen molar-refractivity contribution in [2.45, 2.75) is 12.7 Å². The van der Waals surface area contributed by atoms with E-state index in [2.05, 4.69) is 5.32 Å². The Hall–Kier alpha value is -2.77. The lowest BCUT2D eigenvalue weighted by molar-refractivity contribution is -0.0263. The average molecular weight is 405 g/mol. The fourth-order valence-electron chi connectivity index (χ4n) is 2.78. The first kappa shape index (κ1) is 20.0. The van der Waals surface area contributed by atoms with E-state index in [-0.39, 0.29) is 30.9 Å². The highest BCUT2D eigenvalue weighted by Crippen LogP contribution is 2.17. The smallest absolute Gasteiger partial charge is 0.410 e. The summed E-state index contributed by atoms with van der Waals surface area (Å²) in [6.07, 6.45) is -0.777. The normalized spacial score (nSPS) is 16.5. The highest BCUT2D eigenvalue weighted by molar-refractivity contribution is 6.31. The summed E-state index contributed by atoms with van der Waals surface area (Å²) in [4.78, 5) is 26.0. The van der Waals surface area contributed by atoms with Crippen molar-refractivity contribution >= 4 is 23.6 Å². The van der Waals surface area contributed by atoms with Gasteiger partial charge in [-0.15, -0.1) is 0 Å². The molecule has 28 heavy (non-hydrogen) atoms. The summed E-state index contributed by atoms with van der Waals surface area (Å²) in [5.41, 5.74) is 1.17. The number of halogens is 1. The predicted octanol–water partition coefficient (Wildman–Crippen LogP) is 2.81. The molecular weight excluding hydrogens is 384 g/mol. The first-order chi connectivity index (χ1) is 13.5. The number of hydrogen-bond acceptors (Lipinski definition) is 5. The summed E-state index contributed by atoms with van der Waals surface area (Å²) in [6, 6.07) is 13.1. The third kappa shape index (κ3) is 5.37. The Morgan fingerprint density at radius 2 is 1.96 bits per heavy atom. The molecule has 2 aromatic rings. The van der Waals surface area contributed by atoms with Crippen molar-refractivity contribution in [3.05, 3.63) is 64.7 Å². The topological polar surface area (TPSA) is 88.1 Å². The van der Waals surface area contributed by atoms with E-state index in [1.54, 1.807) is 17.0 Å². The molecule has 0 saturated carbocycles. The van der Waals surface area contributed by atoms with Crippen molar-refractivity contribution in [2.75, 3.05) is 26.2 Å². The van der Waals surface area contributed by atoms with Crippen molar-refractivity contribution in [1.29, 1.82) is 0 Å². The molecule has 2 N–H and O–H groups in total. The molecule has 0 spiro atoms. The zero-order valence-electron chi connectivity index (χ0n) is 15.1. The molecule has 0 radical (unpaired) electrons. The Kier molecular flexibility index (Phi) is 6.73. The summed E-state index contributed by atoms with van der Waals surface area (Å²) in [5.74, 6) is -0.180. The maximum atomic E-state index is 12.3. The molecule has 1 heterocycles. The van der Waals surface area contributed by atoms with Gasteiger partial charge in [0.15, 0.2) is 0 Å². The number of hydrogen-bond donors (Lipinski definition) is 2. The van der Waals surface area contributed by atoms with Gasteiger partial charge in [-0.2, -0.15) is 0 Å². The van der Waals surface area contributed by atoms with Gasteiger partial charge < -0.3 is 24.8 Å². The number of phenols is 1. The number of nitrogens with zero attached hydrogens (tertiary/aromatic N) is 1. The first-order valence-electron chi connectivity index (χ1n) is 8.87. The number of nitrogens with one attached hydrogen (secondary N) is 1. The number of phenolic OH excluding ortho intramolecular Hbond substituents is 1. The van der Waals surface area contributed by atoms with Gasteiger partial charge in [0.25, 0.3) is 5.91 Å². The maximum Gasteiger partial charge on any atom is 0.410 e. The lowest BCUT2D eigenvalue weighted by Crippen LogP contribution is -2.49. The molecule has 1 saturated heterocycles. The van der Waals surface area contributed by atoms with Crippen LogP contribution in [0.4, 0.5) is 4.79 Å². The molecule has 1 atom stereocenters. The van der Waals surface area contributed by atoms with E-state index < -0.39 is 6.09 Å². The number of morpholine rings is 1. The zero-order chi connectivity index (χ0) is 19.9. The lowest BCUT2D eigenvalue weighted by atomic mass is 10.2. The molecule has 2 aromatic carbocycles. The molecule has 0 aromatic heterocycles. The van der Waals surface area contributed by atoms with E-state index in [4.69, 9.17) is 21.1 Å². The minimum Gasteiger partial charge on any atom is -0.508 e. The number of amides is 2. The second-order valence-electron chi connectivity index (χ2n) is 6.34. The molecule has 3 rings (SSSR count). The minimum atomic E-state index is -0.446. The number of carbonyl (C=O) groups is 2. The third-order valence-electron chi connectivity index (χ3n) is 4.33. The molecule has 148 valence electrons. The van der Waals surface area contributed by atoms with Crippen molar-refractivity contribution in [3.8, 4) is 5.75 Å². The SMILES string of the molecule is O=C(NC[C@@H]1CN(C(=O)OCc2ccccc2Cl)CCO1)c1ccc(O)cc1. The largest absolute Gasteiger partial charge is 0.508 e. The van der Waals surface area contributed by atoms with E-state index in [1.807, 2.05) is 12.1 Å². The Morgan fingerprint density at radius 3 is 2.71 bits per heavy atom. The van der Waals surface area contributed by atoms with Crippen LogP contribution in [0, 0.1) is 0 Å². The molecule has 0 bridgehead atoms. The number of ether oxygens (including phenoxy) is 2. The van der Waals surface area contributed by atoms with Crippen molar-refractivity contribution in [1.82, 2.24) is 10.2 Å². The summed E-state index contributed by atoms with van der Waals surface area (Å²) in [6.45, 7) is 1.45. The highest BCUT2D eigenvalue weighted by atomic mass is 35.5. The van der Waals surface area contributed by atoms with Crippen LogP contribution < -0.4 is 5.32 Å². The van der Waals surface area contributed by atoms with Gasteiger partial charge >= 0.3 is 6.09 Å². The third-order valence-corrected chi connectivity index (χ3v) is 4.69. The number of benzene rings is 2. The van der Waals surface area contributed by atoms with Crippen LogP contribution >= 0.6 is 11.6 Å². The van der Waals surface area contributed by atoms with E-state index in [9.17, 15) is 14.7 Å². The lowest BCUT2D eigenvalue weighted by Gasteiger charge is -2.32. The van der Waals surface area contributed by atoms with Gasteiger partial charge in [-0.25, -0.2) is 4.79 Å². The molecular formula is C20H21ClN2O5. The Bertz CT molecular complexity index is 828. The average Bonchev–Trinajstić information content (AvgIpc) is 2.72. The summed E-state index contributed by atoms with van der Waals surface area (Å²) >= 11 is 6.07. The van der Waals surface area contributed by atoms with Crippen LogP contribution in [-0.2, 0) is 16.1 Å². The van der Waals surface area contributed by atoms with Crippen LogP contribution in [0.5, 0.6) is 5.75 Å². The number of carbonyl (C=O) groups excluding carboxylic acids is 2. The van der Waals surface area contributed by atoms with Crippen molar-refractivity contribution in [3.63, 3.8) is 0 Å². The van der Waals surface area contributed by atoms with E-state index in [1.165, 1.54) is 24.3 Å². The molecule has 1 aliphatic rings. The molecule has 0 unspecified atom stereocenters. The fraction of sp³-hybridized carbons (Fsp3) is 0.300. The zero-order valence-corrected chi connectivity index (χ0v) is 15.9. The molecule has 1 fully saturated rings. The Morgan fingerprint density at radius 1 is 1.21 bits per heavy atom. The molecule has 8 heteroatoms. The summed E-state index contributed by atoms with van der Waals surface area (Å²) in [7, 11) is 0. The quantitative estimate of drug-likeness (QED) is 0.800. The van der Waals surface area contributed by atoms with Gasteiger partial charge in [0.2, 0.25) is 0 Å². The number of aromatic hydroxyl groups is 1. The highest BCUT2D eigenvalue weighted by Gasteiger charge is 2.26. The molecule has 2 amide bonds. The minimum absolute atomic E-state index is 0.0954. The van der Waals surface area contributed by atoms with E-state index in [0.717, 1.165) is 5.56 Å². The van der Waals surface area contributed by atoms with Crippen LogP contribution in [0.15, 0.2) is 48.5 Å². The molecule has 0 aliphatic carbocycles. The van der Waals surface area contributed by atoms with Crippen molar-refractivity contribution < 1.29 is 24.2 Å². The molecule has 1 aliphatic heterocycles. The van der Waals surface area contributed by atoms with E-state index >= 15 is 0 Å². The van der Waals surface area contributed by atoms with Gasteiger partial charge in [0, 0.05) is 29.2 Å². The summed E-state index contributed by atoms with van der Waals surface area (Å²) in [5, 5.41) is 12.6. The van der Waals surface area contributed by atoms with Gasteiger partial charge in [0.05, 0.1) is 19.3 Å². The first-order valence-corrected chi connectivity index (χ1v) is 9.24. The van der Waals surface area contributed by atoms with Gasteiger partial charge in [-0.3, -0.25) is 4.79 Å². The van der Waals surface area contributed by atoms with Gasteiger partial charge in [-0.1, -0.05) is 29.8 Å². The van der Waals surface area contributed by atoms with Crippen LogP contribution in [0.25, 0.3) is 0 Å². The molecule has 7 nitrogen and oxygen atoms in total.